The Morgan fingerprint density at radius 3 is 2.95 bits per heavy atom. The van der Waals surface area contributed by atoms with Gasteiger partial charge in [0.05, 0.1) is 23.5 Å². The number of nitrogens with one attached hydrogen (secondary N) is 3. The lowest BCUT2D eigenvalue weighted by Crippen LogP contribution is -2.57. The van der Waals surface area contributed by atoms with E-state index in [0.717, 1.165) is 30.8 Å². The number of hydrogen-bond donors (Lipinski definition) is 3. The van der Waals surface area contributed by atoms with Gasteiger partial charge in [0.1, 0.15) is 6.04 Å². The first-order valence-electron chi connectivity index (χ1n) is 7.16. The molecule has 5 heteroatoms. The van der Waals surface area contributed by atoms with Gasteiger partial charge in [0.15, 0.2) is 0 Å². The van der Waals surface area contributed by atoms with E-state index in [4.69, 9.17) is 4.74 Å². The van der Waals surface area contributed by atoms with Crippen molar-refractivity contribution in [2.45, 2.75) is 31.3 Å². The Labute approximate surface area is 119 Å². The zero-order chi connectivity index (χ0) is 14.0. The van der Waals surface area contributed by atoms with Crippen LogP contribution in [0, 0.1) is 0 Å². The molecule has 20 heavy (non-hydrogen) atoms. The van der Waals surface area contributed by atoms with Gasteiger partial charge in [-0.3, -0.25) is 4.79 Å². The van der Waals surface area contributed by atoms with Crippen molar-refractivity contribution in [2.75, 3.05) is 30.4 Å². The van der Waals surface area contributed by atoms with Crippen LogP contribution >= 0.6 is 0 Å². The highest BCUT2D eigenvalue weighted by molar-refractivity contribution is 5.89. The Morgan fingerprint density at radius 1 is 1.40 bits per heavy atom. The number of benzene rings is 1. The molecule has 1 fully saturated rings. The first-order chi connectivity index (χ1) is 9.66. The molecule has 2 aliphatic rings. The molecule has 2 atom stereocenters. The monoisotopic (exact) mass is 275 g/mol. The molecule has 1 aromatic rings. The summed E-state index contributed by atoms with van der Waals surface area (Å²) in [4.78, 5) is 12.4. The summed E-state index contributed by atoms with van der Waals surface area (Å²) in [6, 6.07) is 7.68. The fraction of sp³-hybridized carbons (Fsp3) is 0.533. The third-order valence-electron chi connectivity index (χ3n) is 3.93. The molecule has 0 spiro atoms. The zero-order valence-corrected chi connectivity index (χ0v) is 11.7. The minimum atomic E-state index is -0.247. The number of amides is 1. The number of hydrogen-bond acceptors (Lipinski definition) is 4. The maximum absolute atomic E-state index is 12.4. The molecule has 0 radical (unpaired) electrons. The van der Waals surface area contributed by atoms with E-state index in [1.54, 1.807) is 0 Å². The van der Waals surface area contributed by atoms with Crippen molar-refractivity contribution in [2.24, 2.45) is 0 Å². The summed E-state index contributed by atoms with van der Waals surface area (Å²) in [6.07, 6.45) is 1.96. The molecule has 1 aromatic carbocycles. The third kappa shape index (κ3) is 2.72. The van der Waals surface area contributed by atoms with E-state index >= 15 is 0 Å². The Kier molecular flexibility index (Phi) is 3.53. The maximum Gasteiger partial charge on any atom is 0.244 e. The van der Waals surface area contributed by atoms with Crippen LogP contribution in [0.4, 0.5) is 11.4 Å². The van der Waals surface area contributed by atoms with Crippen LogP contribution in [0.1, 0.15) is 19.8 Å². The molecule has 3 rings (SSSR count). The van der Waals surface area contributed by atoms with Gasteiger partial charge in [-0.05, 0) is 31.9 Å². The van der Waals surface area contributed by atoms with Crippen molar-refractivity contribution < 1.29 is 9.53 Å². The van der Waals surface area contributed by atoms with Crippen LogP contribution in [0.15, 0.2) is 24.3 Å². The fourth-order valence-corrected chi connectivity index (χ4v) is 2.79. The van der Waals surface area contributed by atoms with E-state index in [2.05, 4.69) is 16.0 Å². The van der Waals surface area contributed by atoms with Crippen molar-refractivity contribution in [3.05, 3.63) is 24.3 Å². The van der Waals surface area contributed by atoms with Crippen molar-refractivity contribution >= 4 is 17.3 Å². The lowest BCUT2D eigenvalue weighted by atomic mass is 9.94. The second kappa shape index (κ2) is 5.32. The predicted molar refractivity (Wildman–Crippen MR) is 78.9 cm³/mol. The summed E-state index contributed by atoms with van der Waals surface area (Å²) >= 11 is 0. The van der Waals surface area contributed by atoms with Crippen LogP contribution in [-0.2, 0) is 9.53 Å². The average molecular weight is 275 g/mol. The number of carbonyl (C=O) groups is 1. The Balaban J connectivity index is 1.64. The highest BCUT2D eigenvalue weighted by Crippen LogP contribution is 2.26. The van der Waals surface area contributed by atoms with Crippen LogP contribution in [-0.4, -0.2) is 37.2 Å². The lowest BCUT2D eigenvalue weighted by molar-refractivity contribution is -0.125. The van der Waals surface area contributed by atoms with Crippen LogP contribution in [0.5, 0.6) is 0 Å². The molecular formula is C15H21N3O2. The molecule has 1 saturated heterocycles. The molecule has 0 saturated carbocycles. The highest BCUT2D eigenvalue weighted by Gasteiger charge is 2.32. The quantitative estimate of drug-likeness (QED) is 0.767. The molecule has 0 bridgehead atoms. The zero-order valence-electron chi connectivity index (χ0n) is 11.7. The molecule has 3 N–H and O–H groups in total. The van der Waals surface area contributed by atoms with Gasteiger partial charge in [-0.1, -0.05) is 12.1 Å². The van der Waals surface area contributed by atoms with Crippen molar-refractivity contribution in [3.8, 4) is 0 Å². The molecular weight excluding hydrogens is 254 g/mol. The Bertz CT molecular complexity index is 498. The first-order valence-corrected chi connectivity index (χ1v) is 7.16. The van der Waals surface area contributed by atoms with E-state index in [9.17, 15) is 4.79 Å². The second-order valence-electron chi connectivity index (χ2n) is 5.83. The minimum Gasteiger partial charge on any atom is -0.381 e. The average Bonchev–Trinajstić information content (AvgIpc) is 2.47. The largest absolute Gasteiger partial charge is 0.381 e. The van der Waals surface area contributed by atoms with Gasteiger partial charge in [-0.15, -0.1) is 0 Å². The predicted octanol–water partition coefficient (Wildman–Crippen LogP) is 1.58. The SMILES string of the molecule is CC1(NC(=O)C2CNc3ccccc3N2)CCCOC1. The summed E-state index contributed by atoms with van der Waals surface area (Å²) in [5.74, 6) is 0.0278. The topological polar surface area (TPSA) is 62.4 Å². The molecule has 2 heterocycles. The third-order valence-corrected chi connectivity index (χ3v) is 3.93. The van der Waals surface area contributed by atoms with Gasteiger partial charge < -0.3 is 20.7 Å². The number of anilines is 2. The van der Waals surface area contributed by atoms with Gasteiger partial charge in [0.25, 0.3) is 0 Å². The van der Waals surface area contributed by atoms with Crippen LogP contribution < -0.4 is 16.0 Å². The van der Waals surface area contributed by atoms with Crippen LogP contribution in [0.3, 0.4) is 0 Å². The molecule has 0 aliphatic carbocycles. The number of carbonyl (C=O) groups excluding carboxylic acids is 1. The van der Waals surface area contributed by atoms with Gasteiger partial charge >= 0.3 is 0 Å². The molecule has 2 aliphatic heterocycles. The molecule has 0 aromatic heterocycles. The number of rotatable bonds is 2. The fourth-order valence-electron chi connectivity index (χ4n) is 2.79. The van der Waals surface area contributed by atoms with Crippen molar-refractivity contribution in [1.82, 2.24) is 5.32 Å². The van der Waals surface area contributed by atoms with Gasteiger partial charge in [-0.2, -0.15) is 0 Å². The maximum atomic E-state index is 12.4. The van der Waals surface area contributed by atoms with Crippen LogP contribution in [0.2, 0.25) is 0 Å². The molecule has 1 amide bonds. The highest BCUT2D eigenvalue weighted by atomic mass is 16.5. The van der Waals surface area contributed by atoms with Gasteiger partial charge in [-0.25, -0.2) is 0 Å². The van der Waals surface area contributed by atoms with E-state index in [1.807, 2.05) is 31.2 Å². The summed E-state index contributed by atoms with van der Waals surface area (Å²) in [5.41, 5.74) is 1.78. The van der Waals surface area contributed by atoms with Crippen molar-refractivity contribution in [3.63, 3.8) is 0 Å². The lowest BCUT2D eigenvalue weighted by Gasteiger charge is -2.36. The number of ether oxygens (including phenoxy) is 1. The Morgan fingerprint density at radius 2 is 2.20 bits per heavy atom. The van der Waals surface area contributed by atoms with E-state index in [-0.39, 0.29) is 17.5 Å². The standard InChI is InChI=1S/C15H21N3O2/c1-15(7-4-8-20-10-15)18-14(19)13-9-16-11-5-2-3-6-12(11)17-13/h2-3,5-6,13,16-17H,4,7-10H2,1H3,(H,18,19). The van der Waals surface area contributed by atoms with Gasteiger partial charge in [0, 0.05) is 13.2 Å². The van der Waals surface area contributed by atoms with E-state index in [0.29, 0.717) is 13.2 Å². The van der Waals surface area contributed by atoms with Gasteiger partial charge in [0.2, 0.25) is 5.91 Å². The smallest absolute Gasteiger partial charge is 0.244 e. The van der Waals surface area contributed by atoms with E-state index in [1.165, 1.54) is 0 Å². The normalized spacial score (nSPS) is 28.8. The second-order valence-corrected chi connectivity index (χ2v) is 5.83. The van der Waals surface area contributed by atoms with Crippen molar-refractivity contribution in [1.29, 1.82) is 0 Å². The van der Waals surface area contributed by atoms with E-state index < -0.39 is 0 Å². The first kappa shape index (κ1) is 13.2. The molecule has 2 unspecified atom stereocenters. The summed E-state index contributed by atoms with van der Waals surface area (Å²) < 4.78 is 5.48. The Hall–Kier alpha value is -1.75. The summed E-state index contributed by atoms with van der Waals surface area (Å²) in [7, 11) is 0. The summed E-state index contributed by atoms with van der Waals surface area (Å²) in [5, 5.41) is 9.71. The molecule has 108 valence electrons. The number of para-hydroxylation sites is 2. The summed E-state index contributed by atoms with van der Waals surface area (Å²) in [6.45, 7) is 4.03. The minimum absolute atomic E-state index is 0.0278. The molecule has 5 nitrogen and oxygen atoms in total. The van der Waals surface area contributed by atoms with Crippen LogP contribution in [0.25, 0.3) is 0 Å². The number of fused-ring (bicyclic) bond motifs is 1.